The van der Waals surface area contributed by atoms with Crippen molar-refractivity contribution in [1.29, 1.82) is 0 Å². The van der Waals surface area contributed by atoms with Crippen molar-refractivity contribution >= 4 is 10.0 Å². The molecule has 1 fully saturated rings. The van der Waals surface area contributed by atoms with Gasteiger partial charge in [-0.2, -0.15) is 0 Å². The monoisotopic (exact) mass is 280 g/mol. The predicted molar refractivity (Wildman–Crippen MR) is 71.9 cm³/mol. The standard InChI is InChI=1S/C12H25FN2O2S/c1-11-6-3-4-8-15(11)12(2)10-14-18(16,17)9-5-7-13/h11-12,14H,3-10H2,1-2H3/t11-,12-/m1/s1. The average Bonchev–Trinajstić information content (AvgIpc) is 2.34. The molecule has 1 N–H and O–H groups in total. The lowest BCUT2D eigenvalue weighted by Crippen LogP contribution is -2.48. The first-order chi connectivity index (χ1) is 8.46. The van der Waals surface area contributed by atoms with Crippen LogP contribution in [0.5, 0.6) is 0 Å². The molecule has 1 heterocycles. The van der Waals surface area contributed by atoms with E-state index in [1.165, 1.54) is 19.3 Å². The summed E-state index contributed by atoms with van der Waals surface area (Å²) in [5.41, 5.74) is 0. The molecule has 0 aromatic carbocycles. The summed E-state index contributed by atoms with van der Waals surface area (Å²) in [6.45, 7) is 5.10. The Morgan fingerprint density at radius 1 is 1.44 bits per heavy atom. The first-order valence-electron chi connectivity index (χ1n) is 6.75. The summed E-state index contributed by atoms with van der Waals surface area (Å²) in [5, 5.41) is 0. The fourth-order valence-corrected chi connectivity index (χ4v) is 3.59. The molecule has 6 heteroatoms. The quantitative estimate of drug-likeness (QED) is 0.769. The van der Waals surface area contributed by atoms with Crippen molar-refractivity contribution in [3.63, 3.8) is 0 Å². The van der Waals surface area contributed by atoms with E-state index in [2.05, 4.69) is 16.5 Å². The Morgan fingerprint density at radius 3 is 2.78 bits per heavy atom. The van der Waals surface area contributed by atoms with E-state index in [0.29, 0.717) is 12.6 Å². The molecule has 0 unspecified atom stereocenters. The number of hydrogen-bond donors (Lipinski definition) is 1. The molecule has 2 atom stereocenters. The number of alkyl halides is 1. The van der Waals surface area contributed by atoms with Crippen molar-refractivity contribution in [3.8, 4) is 0 Å². The summed E-state index contributed by atoms with van der Waals surface area (Å²) in [6.07, 6.45) is 3.69. The maximum absolute atomic E-state index is 12.0. The van der Waals surface area contributed by atoms with E-state index >= 15 is 0 Å². The summed E-state index contributed by atoms with van der Waals surface area (Å²) < 4.78 is 37.7. The van der Waals surface area contributed by atoms with Gasteiger partial charge in [0.05, 0.1) is 12.4 Å². The minimum atomic E-state index is -3.31. The highest BCUT2D eigenvalue weighted by atomic mass is 32.2. The van der Waals surface area contributed by atoms with Crippen LogP contribution in [-0.4, -0.2) is 50.9 Å². The van der Waals surface area contributed by atoms with Gasteiger partial charge in [0.1, 0.15) is 0 Å². The van der Waals surface area contributed by atoms with Crippen molar-refractivity contribution in [2.45, 2.75) is 51.6 Å². The fourth-order valence-electron chi connectivity index (χ4n) is 2.46. The zero-order valence-corrected chi connectivity index (χ0v) is 12.2. The second-order valence-electron chi connectivity index (χ2n) is 5.14. The van der Waals surface area contributed by atoms with Crippen molar-refractivity contribution < 1.29 is 12.8 Å². The lowest BCUT2D eigenvalue weighted by Gasteiger charge is -2.38. The van der Waals surface area contributed by atoms with Gasteiger partial charge in [-0.15, -0.1) is 0 Å². The normalized spacial score (nSPS) is 24.1. The van der Waals surface area contributed by atoms with Gasteiger partial charge in [0, 0.05) is 18.6 Å². The van der Waals surface area contributed by atoms with Crippen molar-refractivity contribution in [3.05, 3.63) is 0 Å². The molecule has 1 saturated heterocycles. The summed E-state index contributed by atoms with van der Waals surface area (Å²) in [4.78, 5) is 2.35. The number of nitrogens with one attached hydrogen (secondary N) is 1. The molecule has 0 aromatic rings. The second-order valence-corrected chi connectivity index (χ2v) is 7.07. The van der Waals surface area contributed by atoms with Crippen LogP contribution in [0.3, 0.4) is 0 Å². The third-order valence-electron chi connectivity index (χ3n) is 3.57. The van der Waals surface area contributed by atoms with E-state index in [-0.39, 0.29) is 18.2 Å². The molecule has 0 amide bonds. The SMILES string of the molecule is C[C@@H]1CCCCN1[C@H](C)CNS(=O)(=O)CCCF. The van der Waals surface area contributed by atoms with Crippen LogP contribution < -0.4 is 4.72 Å². The molecule has 1 rings (SSSR count). The number of nitrogens with zero attached hydrogens (tertiary/aromatic N) is 1. The van der Waals surface area contributed by atoms with Crippen molar-refractivity contribution in [2.75, 3.05) is 25.5 Å². The Labute approximate surface area is 110 Å². The number of hydrogen-bond acceptors (Lipinski definition) is 3. The maximum Gasteiger partial charge on any atom is 0.211 e. The predicted octanol–water partition coefficient (Wildman–Crippen LogP) is 1.53. The highest BCUT2D eigenvalue weighted by Gasteiger charge is 2.23. The first kappa shape index (κ1) is 15.9. The average molecular weight is 280 g/mol. The molecule has 0 aliphatic carbocycles. The Hall–Kier alpha value is -0.200. The highest BCUT2D eigenvalue weighted by Crippen LogP contribution is 2.18. The molecule has 0 saturated carbocycles. The van der Waals surface area contributed by atoms with Gasteiger partial charge in [0.25, 0.3) is 0 Å². The Kier molecular flexibility index (Phi) is 6.52. The van der Waals surface area contributed by atoms with Gasteiger partial charge in [-0.25, -0.2) is 13.1 Å². The zero-order valence-electron chi connectivity index (χ0n) is 11.4. The van der Waals surface area contributed by atoms with Gasteiger partial charge in [-0.3, -0.25) is 9.29 Å². The van der Waals surface area contributed by atoms with Crippen LogP contribution in [0.2, 0.25) is 0 Å². The van der Waals surface area contributed by atoms with Gasteiger partial charge < -0.3 is 0 Å². The molecule has 0 spiro atoms. The number of likely N-dealkylation sites (tertiary alicyclic amines) is 1. The zero-order chi connectivity index (χ0) is 13.6. The highest BCUT2D eigenvalue weighted by molar-refractivity contribution is 7.89. The van der Waals surface area contributed by atoms with Crippen LogP contribution in [0.1, 0.15) is 39.5 Å². The molecule has 0 aromatic heterocycles. The lowest BCUT2D eigenvalue weighted by atomic mass is 10.0. The molecule has 1 aliphatic heterocycles. The van der Waals surface area contributed by atoms with E-state index in [9.17, 15) is 12.8 Å². The van der Waals surface area contributed by atoms with E-state index in [0.717, 1.165) is 6.54 Å². The summed E-state index contributed by atoms with van der Waals surface area (Å²) in [5.74, 6) is -0.119. The number of piperidine rings is 1. The molecule has 108 valence electrons. The second kappa shape index (κ2) is 7.40. The van der Waals surface area contributed by atoms with Gasteiger partial charge >= 0.3 is 0 Å². The Bertz CT molecular complexity index is 335. The minimum absolute atomic E-state index is 0.0732. The number of rotatable bonds is 7. The van der Waals surface area contributed by atoms with E-state index < -0.39 is 16.7 Å². The molecular formula is C12H25FN2O2S. The molecule has 0 bridgehead atoms. The molecule has 4 nitrogen and oxygen atoms in total. The topological polar surface area (TPSA) is 49.4 Å². The molecule has 0 radical (unpaired) electrons. The third-order valence-corrected chi connectivity index (χ3v) is 5.00. The van der Waals surface area contributed by atoms with E-state index in [1.54, 1.807) is 0 Å². The van der Waals surface area contributed by atoms with Gasteiger partial charge in [0.15, 0.2) is 0 Å². The van der Waals surface area contributed by atoms with Crippen LogP contribution in [0.15, 0.2) is 0 Å². The van der Waals surface area contributed by atoms with Crippen molar-refractivity contribution in [1.82, 2.24) is 9.62 Å². The van der Waals surface area contributed by atoms with Gasteiger partial charge in [-0.05, 0) is 39.7 Å². The molecular weight excluding hydrogens is 255 g/mol. The number of sulfonamides is 1. The van der Waals surface area contributed by atoms with E-state index in [4.69, 9.17) is 0 Å². The van der Waals surface area contributed by atoms with Gasteiger partial charge in [-0.1, -0.05) is 6.42 Å². The summed E-state index contributed by atoms with van der Waals surface area (Å²) >= 11 is 0. The lowest BCUT2D eigenvalue weighted by molar-refractivity contribution is 0.116. The molecule has 1 aliphatic rings. The van der Waals surface area contributed by atoms with Crippen LogP contribution >= 0.6 is 0 Å². The van der Waals surface area contributed by atoms with Crippen LogP contribution in [0.4, 0.5) is 4.39 Å². The fraction of sp³-hybridized carbons (Fsp3) is 1.00. The van der Waals surface area contributed by atoms with Crippen LogP contribution in [0, 0.1) is 0 Å². The van der Waals surface area contributed by atoms with Crippen molar-refractivity contribution in [2.24, 2.45) is 0 Å². The van der Waals surface area contributed by atoms with Crippen LogP contribution in [0.25, 0.3) is 0 Å². The number of halogens is 1. The largest absolute Gasteiger partial charge is 0.297 e. The van der Waals surface area contributed by atoms with Gasteiger partial charge in [0.2, 0.25) is 10.0 Å². The Morgan fingerprint density at radius 2 is 2.17 bits per heavy atom. The smallest absolute Gasteiger partial charge is 0.211 e. The third kappa shape index (κ3) is 5.20. The maximum atomic E-state index is 12.0. The van der Waals surface area contributed by atoms with E-state index in [1.807, 2.05) is 6.92 Å². The minimum Gasteiger partial charge on any atom is -0.297 e. The summed E-state index contributed by atoms with van der Waals surface area (Å²) in [6, 6.07) is 0.713. The first-order valence-corrected chi connectivity index (χ1v) is 8.40. The van der Waals surface area contributed by atoms with Crippen LogP contribution in [-0.2, 0) is 10.0 Å². The summed E-state index contributed by atoms with van der Waals surface area (Å²) in [7, 11) is -3.31. The Balaban J connectivity index is 2.37. The molecule has 18 heavy (non-hydrogen) atoms.